The number of rotatable bonds is 5. The molecule has 4 heteroatoms. The molecule has 4 nitrogen and oxygen atoms in total. The molecule has 17 heavy (non-hydrogen) atoms. The minimum Gasteiger partial charge on any atom is -0.393 e. The lowest BCUT2D eigenvalue weighted by atomic mass is 10.1. The van der Waals surface area contributed by atoms with Crippen molar-refractivity contribution in [1.82, 2.24) is 10.3 Å². The summed E-state index contributed by atoms with van der Waals surface area (Å²) in [5.41, 5.74) is 1.53. The Balaban J connectivity index is 2.52. The third-order valence-electron chi connectivity index (χ3n) is 2.49. The Morgan fingerprint density at radius 3 is 2.59 bits per heavy atom. The molecule has 0 aromatic carbocycles. The summed E-state index contributed by atoms with van der Waals surface area (Å²) >= 11 is 0. The molecular formula is C13H20N2O2. The fourth-order valence-corrected chi connectivity index (χ4v) is 1.38. The maximum Gasteiger partial charge on any atom is 0.252 e. The Morgan fingerprint density at radius 2 is 2.12 bits per heavy atom. The lowest BCUT2D eigenvalue weighted by Gasteiger charge is -2.08. The molecule has 0 saturated carbocycles. The topological polar surface area (TPSA) is 62.2 Å². The monoisotopic (exact) mass is 236 g/mol. The van der Waals surface area contributed by atoms with E-state index in [1.165, 1.54) is 0 Å². The number of hydrogen-bond donors (Lipinski definition) is 2. The quantitative estimate of drug-likeness (QED) is 0.818. The van der Waals surface area contributed by atoms with E-state index < -0.39 is 6.10 Å². The molecule has 0 spiro atoms. The molecule has 1 amide bonds. The van der Waals surface area contributed by atoms with Crippen molar-refractivity contribution in [2.75, 3.05) is 6.54 Å². The lowest BCUT2D eigenvalue weighted by molar-refractivity contribution is 0.0945. The minimum absolute atomic E-state index is 0.145. The number of aliphatic hydroxyl groups is 1. The number of hydrogen-bond acceptors (Lipinski definition) is 3. The van der Waals surface area contributed by atoms with Crippen LogP contribution in [0.1, 0.15) is 49.2 Å². The van der Waals surface area contributed by atoms with Crippen molar-refractivity contribution in [3.63, 3.8) is 0 Å². The summed E-state index contributed by atoms with van der Waals surface area (Å²) in [5, 5.41) is 11.8. The Kier molecular flexibility index (Phi) is 5.10. The van der Waals surface area contributed by atoms with Gasteiger partial charge in [-0.15, -0.1) is 0 Å². The third-order valence-corrected chi connectivity index (χ3v) is 2.49. The molecular weight excluding hydrogens is 216 g/mol. The number of carbonyl (C=O) groups excluding carboxylic acids is 1. The van der Waals surface area contributed by atoms with Crippen LogP contribution in [0.4, 0.5) is 0 Å². The molecule has 1 unspecified atom stereocenters. The highest BCUT2D eigenvalue weighted by Gasteiger charge is 2.07. The van der Waals surface area contributed by atoms with Crippen molar-refractivity contribution in [2.45, 2.75) is 39.2 Å². The summed E-state index contributed by atoms with van der Waals surface area (Å²) in [6.07, 6.45) is 1.76. The maximum absolute atomic E-state index is 11.7. The van der Waals surface area contributed by atoms with Crippen molar-refractivity contribution in [3.05, 3.63) is 29.6 Å². The van der Waals surface area contributed by atoms with Crippen LogP contribution >= 0.6 is 0 Å². The molecule has 1 atom stereocenters. The highest BCUT2D eigenvalue weighted by molar-refractivity contribution is 5.93. The van der Waals surface area contributed by atoms with Gasteiger partial charge in [-0.05, 0) is 31.4 Å². The zero-order chi connectivity index (χ0) is 12.8. The summed E-state index contributed by atoms with van der Waals surface area (Å²) in [6, 6.07) is 3.65. The van der Waals surface area contributed by atoms with Crippen molar-refractivity contribution < 1.29 is 9.90 Å². The molecule has 1 heterocycles. The second-order valence-corrected chi connectivity index (χ2v) is 4.52. The first kappa shape index (κ1) is 13.6. The normalized spacial score (nSPS) is 12.5. The van der Waals surface area contributed by atoms with Gasteiger partial charge in [0, 0.05) is 18.4 Å². The van der Waals surface area contributed by atoms with Crippen LogP contribution in [0.5, 0.6) is 0 Å². The molecule has 0 bridgehead atoms. The summed E-state index contributed by atoms with van der Waals surface area (Å²) in [5.74, 6) is 0.218. The summed E-state index contributed by atoms with van der Waals surface area (Å²) in [7, 11) is 0. The molecule has 1 rings (SSSR count). The fraction of sp³-hybridized carbons (Fsp3) is 0.538. The first-order chi connectivity index (χ1) is 8.00. The van der Waals surface area contributed by atoms with Crippen molar-refractivity contribution >= 4 is 5.91 Å². The van der Waals surface area contributed by atoms with E-state index in [4.69, 9.17) is 5.11 Å². The van der Waals surface area contributed by atoms with Gasteiger partial charge in [0.05, 0.1) is 11.7 Å². The summed E-state index contributed by atoms with van der Waals surface area (Å²) in [6.45, 7) is 6.29. The van der Waals surface area contributed by atoms with E-state index in [0.717, 1.165) is 5.69 Å². The first-order valence-electron chi connectivity index (χ1n) is 5.93. The van der Waals surface area contributed by atoms with Crippen LogP contribution in [0.25, 0.3) is 0 Å². The van der Waals surface area contributed by atoms with Gasteiger partial charge in [-0.2, -0.15) is 0 Å². The highest BCUT2D eigenvalue weighted by atomic mass is 16.3. The van der Waals surface area contributed by atoms with Crippen LogP contribution in [0, 0.1) is 0 Å². The number of aromatic nitrogens is 1. The number of amides is 1. The van der Waals surface area contributed by atoms with E-state index in [9.17, 15) is 4.79 Å². The Hall–Kier alpha value is -1.42. The van der Waals surface area contributed by atoms with Gasteiger partial charge < -0.3 is 10.4 Å². The third kappa shape index (κ3) is 4.53. The Bertz CT molecular complexity index is 358. The van der Waals surface area contributed by atoms with Crippen molar-refractivity contribution in [3.8, 4) is 0 Å². The van der Waals surface area contributed by atoms with E-state index in [0.29, 0.717) is 24.4 Å². The largest absolute Gasteiger partial charge is 0.393 e. The van der Waals surface area contributed by atoms with Crippen LogP contribution in [-0.2, 0) is 0 Å². The van der Waals surface area contributed by atoms with Crippen LogP contribution in [0.3, 0.4) is 0 Å². The van der Waals surface area contributed by atoms with E-state index in [1.54, 1.807) is 19.2 Å². The highest BCUT2D eigenvalue weighted by Crippen LogP contribution is 2.11. The Morgan fingerprint density at radius 1 is 1.41 bits per heavy atom. The molecule has 0 aliphatic heterocycles. The molecule has 1 aromatic heterocycles. The molecule has 0 aliphatic rings. The fourth-order valence-electron chi connectivity index (χ4n) is 1.38. The number of nitrogens with zero attached hydrogens (tertiary/aromatic N) is 1. The lowest BCUT2D eigenvalue weighted by Crippen LogP contribution is -2.26. The SMILES string of the molecule is CC(O)CCNC(=O)c1ccc(C(C)C)nc1. The predicted molar refractivity (Wildman–Crippen MR) is 67.0 cm³/mol. The van der Waals surface area contributed by atoms with Gasteiger partial charge in [-0.1, -0.05) is 13.8 Å². The Labute approximate surface area is 102 Å². The van der Waals surface area contributed by atoms with Gasteiger partial charge >= 0.3 is 0 Å². The smallest absolute Gasteiger partial charge is 0.252 e. The maximum atomic E-state index is 11.7. The number of aliphatic hydroxyl groups excluding tert-OH is 1. The number of carbonyl (C=O) groups is 1. The van der Waals surface area contributed by atoms with Crippen LogP contribution in [0.2, 0.25) is 0 Å². The summed E-state index contributed by atoms with van der Waals surface area (Å²) < 4.78 is 0. The van der Waals surface area contributed by atoms with Crippen LogP contribution in [0.15, 0.2) is 18.3 Å². The molecule has 0 radical (unpaired) electrons. The zero-order valence-corrected chi connectivity index (χ0v) is 10.6. The van der Waals surface area contributed by atoms with Crippen LogP contribution in [-0.4, -0.2) is 28.6 Å². The standard InChI is InChI=1S/C13H20N2O2/c1-9(2)12-5-4-11(8-15-12)13(17)14-7-6-10(3)16/h4-5,8-10,16H,6-7H2,1-3H3,(H,14,17). The van der Waals surface area contributed by atoms with E-state index in [1.807, 2.05) is 6.07 Å². The van der Waals surface area contributed by atoms with E-state index in [-0.39, 0.29) is 5.91 Å². The average Bonchev–Trinajstić information content (AvgIpc) is 2.28. The number of nitrogens with one attached hydrogen (secondary N) is 1. The first-order valence-corrected chi connectivity index (χ1v) is 5.93. The van der Waals surface area contributed by atoms with E-state index >= 15 is 0 Å². The van der Waals surface area contributed by atoms with Crippen molar-refractivity contribution in [1.29, 1.82) is 0 Å². The van der Waals surface area contributed by atoms with Gasteiger partial charge in [0.25, 0.3) is 5.91 Å². The number of pyridine rings is 1. The van der Waals surface area contributed by atoms with Crippen molar-refractivity contribution in [2.24, 2.45) is 0 Å². The zero-order valence-electron chi connectivity index (χ0n) is 10.6. The second-order valence-electron chi connectivity index (χ2n) is 4.52. The molecule has 0 fully saturated rings. The van der Waals surface area contributed by atoms with Gasteiger partial charge in [0.2, 0.25) is 0 Å². The average molecular weight is 236 g/mol. The van der Waals surface area contributed by atoms with Gasteiger partial charge in [0.1, 0.15) is 0 Å². The predicted octanol–water partition coefficient (Wildman–Crippen LogP) is 1.71. The minimum atomic E-state index is -0.392. The summed E-state index contributed by atoms with van der Waals surface area (Å²) in [4.78, 5) is 15.9. The molecule has 94 valence electrons. The molecule has 2 N–H and O–H groups in total. The van der Waals surface area contributed by atoms with Gasteiger partial charge in [-0.3, -0.25) is 9.78 Å². The van der Waals surface area contributed by atoms with Gasteiger partial charge in [0.15, 0.2) is 0 Å². The molecule has 0 aliphatic carbocycles. The molecule has 1 aromatic rings. The van der Waals surface area contributed by atoms with Gasteiger partial charge in [-0.25, -0.2) is 0 Å². The van der Waals surface area contributed by atoms with E-state index in [2.05, 4.69) is 24.1 Å². The second kappa shape index (κ2) is 6.35. The van der Waals surface area contributed by atoms with Crippen LogP contribution < -0.4 is 5.32 Å². The molecule has 0 saturated heterocycles.